The maximum absolute atomic E-state index is 11.9. The monoisotopic (exact) mass is 330 g/mol. The topological polar surface area (TPSA) is 32.3 Å². The van der Waals surface area contributed by atoms with E-state index in [2.05, 4.69) is 45.2 Å². The fourth-order valence-electron chi connectivity index (χ4n) is 2.53. The molecule has 0 radical (unpaired) electrons. The van der Waals surface area contributed by atoms with Gasteiger partial charge in [0.25, 0.3) is 0 Å². The lowest BCUT2D eigenvalue weighted by Crippen LogP contribution is -2.39. The molecule has 3 nitrogen and oxygen atoms in total. The third-order valence-electron chi connectivity index (χ3n) is 3.61. The summed E-state index contributed by atoms with van der Waals surface area (Å²) < 4.78 is 1.01. The average molecular weight is 331 g/mol. The van der Waals surface area contributed by atoms with Gasteiger partial charge in [-0.15, -0.1) is 0 Å². The number of carbonyl (C=O) groups is 1. The zero-order valence-electron chi connectivity index (χ0n) is 11.1. The molecule has 1 aliphatic rings. The van der Waals surface area contributed by atoms with Crippen molar-refractivity contribution >= 4 is 33.2 Å². The largest absolute Gasteiger partial charge is 0.354 e. The van der Waals surface area contributed by atoms with E-state index in [0.29, 0.717) is 6.54 Å². The van der Waals surface area contributed by atoms with Crippen molar-refractivity contribution in [2.24, 2.45) is 0 Å². The van der Waals surface area contributed by atoms with E-state index in [4.69, 9.17) is 0 Å². The van der Waals surface area contributed by atoms with Crippen LogP contribution in [0.5, 0.6) is 0 Å². The molecule has 3 rings (SSSR count). The first kappa shape index (κ1) is 13.2. The number of halogens is 1. The molecule has 0 spiro atoms. The van der Waals surface area contributed by atoms with Crippen LogP contribution in [-0.4, -0.2) is 12.5 Å². The van der Waals surface area contributed by atoms with Gasteiger partial charge >= 0.3 is 0 Å². The van der Waals surface area contributed by atoms with E-state index in [1.54, 1.807) is 0 Å². The number of hydrogen-bond acceptors (Lipinski definition) is 2. The smallest absolute Gasteiger partial charge is 0.243 e. The Labute approximate surface area is 126 Å². The van der Waals surface area contributed by atoms with Crippen LogP contribution < -0.4 is 10.2 Å². The van der Waals surface area contributed by atoms with Crippen LogP contribution >= 0.6 is 15.9 Å². The molecule has 1 amide bonds. The molecule has 2 aromatic carbocycles. The summed E-state index contributed by atoms with van der Waals surface area (Å²) >= 11 is 3.50. The number of fused-ring (bicyclic) bond motifs is 1. The highest BCUT2D eigenvalue weighted by Crippen LogP contribution is 2.37. The predicted octanol–water partition coefficient (Wildman–Crippen LogP) is 3.97. The van der Waals surface area contributed by atoms with Gasteiger partial charge in [-0.05, 0) is 30.7 Å². The van der Waals surface area contributed by atoms with E-state index in [-0.39, 0.29) is 11.9 Å². The van der Waals surface area contributed by atoms with Crippen molar-refractivity contribution in [2.75, 3.05) is 16.8 Å². The van der Waals surface area contributed by atoms with Crippen molar-refractivity contribution in [1.82, 2.24) is 0 Å². The predicted molar refractivity (Wildman–Crippen MR) is 85.0 cm³/mol. The lowest BCUT2D eigenvalue weighted by atomic mass is 10.0. The second-order valence-electron chi connectivity index (χ2n) is 4.92. The van der Waals surface area contributed by atoms with Crippen LogP contribution in [0.25, 0.3) is 0 Å². The van der Waals surface area contributed by atoms with Crippen LogP contribution in [0.2, 0.25) is 0 Å². The fourth-order valence-corrected chi connectivity index (χ4v) is 2.88. The van der Waals surface area contributed by atoms with Crippen molar-refractivity contribution < 1.29 is 4.79 Å². The molecule has 4 heteroatoms. The SMILES string of the molecule is CC(c1ccccc1)N1CC(=O)Nc2ccc(Br)cc21. The summed E-state index contributed by atoms with van der Waals surface area (Å²) in [5, 5.41) is 2.92. The number of benzene rings is 2. The van der Waals surface area contributed by atoms with E-state index in [1.165, 1.54) is 5.56 Å². The van der Waals surface area contributed by atoms with Gasteiger partial charge < -0.3 is 10.2 Å². The number of nitrogens with one attached hydrogen (secondary N) is 1. The molecular weight excluding hydrogens is 316 g/mol. The molecule has 0 aromatic heterocycles. The van der Waals surface area contributed by atoms with Gasteiger partial charge in [-0.25, -0.2) is 0 Å². The highest BCUT2D eigenvalue weighted by molar-refractivity contribution is 9.10. The Morgan fingerprint density at radius 3 is 2.70 bits per heavy atom. The lowest BCUT2D eigenvalue weighted by molar-refractivity contribution is -0.115. The number of anilines is 2. The van der Waals surface area contributed by atoms with Crippen molar-refractivity contribution in [3.05, 3.63) is 58.6 Å². The number of carbonyl (C=O) groups excluding carboxylic acids is 1. The number of hydrogen-bond donors (Lipinski definition) is 1. The quantitative estimate of drug-likeness (QED) is 0.903. The summed E-state index contributed by atoms with van der Waals surface area (Å²) in [4.78, 5) is 14.0. The number of rotatable bonds is 2. The fraction of sp³-hybridized carbons (Fsp3) is 0.188. The molecule has 0 saturated carbocycles. The van der Waals surface area contributed by atoms with Crippen LogP contribution in [0.4, 0.5) is 11.4 Å². The van der Waals surface area contributed by atoms with Crippen LogP contribution in [-0.2, 0) is 4.79 Å². The van der Waals surface area contributed by atoms with Gasteiger partial charge in [0.1, 0.15) is 0 Å². The molecule has 1 N–H and O–H groups in total. The molecular formula is C16H15BrN2O. The van der Waals surface area contributed by atoms with E-state index in [0.717, 1.165) is 15.8 Å². The molecule has 1 atom stereocenters. The van der Waals surface area contributed by atoms with Crippen molar-refractivity contribution in [3.8, 4) is 0 Å². The van der Waals surface area contributed by atoms with E-state index in [1.807, 2.05) is 36.4 Å². The van der Waals surface area contributed by atoms with Gasteiger partial charge in [0.2, 0.25) is 5.91 Å². The molecule has 1 unspecified atom stereocenters. The average Bonchev–Trinajstić information content (AvgIpc) is 2.47. The van der Waals surface area contributed by atoms with Crippen LogP contribution in [0.3, 0.4) is 0 Å². The Hall–Kier alpha value is -1.81. The minimum absolute atomic E-state index is 0.0302. The van der Waals surface area contributed by atoms with E-state index >= 15 is 0 Å². The van der Waals surface area contributed by atoms with Crippen LogP contribution in [0.15, 0.2) is 53.0 Å². The maximum Gasteiger partial charge on any atom is 0.243 e. The van der Waals surface area contributed by atoms with Crippen molar-refractivity contribution in [3.63, 3.8) is 0 Å². The van der Waals surface area contributed by atoms with Gasteiger partial charge in [-0.1, -0.05) is 46.3 Å². The highest BCUT2D eigenvalue weighted by atomic mass is 79.9. The zero-order valence-corrected chi connectivity index (χ0v) is 12.7. The van der Waals surface area contributed by atoms with Crippen molar-refractivity contribution in [2.45, 2.75) is 13.0 Å². The number of amides is 1. The molecule has 1 aliphatic heterocycles. The highest BCUT2D eigenvalue weighted by Gasteiger charge is 2.26. The first-order valence-electron chi connectivity index (χ1n) is 6.56. The summed E-state index contributed by atoms with van der Waals surface area (Å²) in [6.45, 7) is 2.50. The minimum Gasteiger partial charge on any atom is -0.354 e. The Kier molecular flexibility index (Phi) is 3.49. The second-order valence-corrected chi connectivity index (χ2v) is 5.84. The Morgan fingerprint density at radius 1 is 1.20 bits per heavy atom. The van der Waals surface area contributed by atoms with Crippen LogP contribution in [0, 0.1) is 0 Å². The van der Waals surface area contributed by atoms with Crippen LogP contribution in [0.1, 0.15) is 18.5 Å². The lowest BCUT2D eigenvalue weighted by Gasteiger charge is -2.36. The molecule has 2 aromatic rings. The first-order chi connectivity index (χ1) is 9.65. The molecule has 1 heterocycles. The van der Waals surface area contributed by atoms with Gasteiger partial charge in [0.05, 0.1) is 24.0 Å². The molecule has 0 aliphatic carbocycles. The number of nitrogens with zero attached hydrogens (tertiary/aromatic N) is 1. The summed E-state index contributed by atoms with van der Waals surface area (Å²) in [5.41, 5.74) is 3.12. The second kappa shape index (κ2) is 5.29. The third kappa shape index (κ3) is 2.43. The standard InChI is InChI=1S/C16H15BrN2O/c1-11(12-5-3-2-4-6-12)19-10-16(20)18-14-8-7-13(17)9-15(14)19/h2-9,11H,10H2,1H3,(H,18,20). The van der Waals surface area contributed by atoms with Gasteiger partial charge in [0.15, 0.2) is 0 Å². The summed E-state index contributed by atoms with van der Waals surface area (Å²) in [6.07, 6.45) is 0. The van der Waals surface area contributed by atoms with Gasteiger partial charge in [-0.2, -0.15) is 0 Å². The zero-order chi connectivity index (χ0) is 14.1. The van der Waals surface area contributed by atoms with Crippen molar-refractivity contribution in [1.29, 1.82) is 0 Å². The summed E-state index contributed by atoms with van der Waals surface area (Å²) in [5.74, 6) is 0.0302. The van der Waals surface area contributed by atoms with Gasteiger partial charge in [-0.3, -0.25) is 4.79 Å². The Morgan fingerprint density at radius 2 is 1.95 bits per heavy atom. The molecule has 0 bridgehead atoms. The van der Waals surface area contributed by atoms with E-state index < -0.39 is 0 Å². The molecule has 102 valence electrons. The molecule has 0 fully saturated rings. The Bertz CT molecular complexity index is 642. The summed E-state index contributed by atoms with van der Waals surface area (Å²) in [6, 6.07) is 16.3. The third-order valence-corrected chi connectivity index (χ3v) is 4.10. The molecule has 0 saturated heterocycles. The molecule has 20 heavy (non-hydrogen) atoms. The normalized spacial score (nSPS) is 15.5. The first-order valence-corrected chi connectivity index (χ1v) is 7.35. The Balaban J connectivity index is 2.02. The van der Waals surface area contributed by atoms with Gasteiger partial charge in [0, 0.05) is 4.47 Å². The minimum atomic E-state index is 0.0302. The maximum atomic E-state index is 11.9. The van der Waals surface area contributed by atoms with E-state index in [9.17, 15) is 4.79 Å². The summed E-state index contributed by atoms with van der Waals surface area (Å²) in [7, 11) is 0.